The zero-order chi connectivity index (χ0) is 25.0. The number of amides is 1. The Morgan fingerprint density at radius 1 is 1.14 bits per heavy atom. The number of nitrogens with one attached hydrogen (secondary N) is 1. The molecule has 1 amide bonds. The number of hydrogen-bond donors (Lipinski definition) is 1. The highest BCUT2D eigenvalue weighted by atomic mass is 16.8. The molecule has 10 nitrogen and oxygen atoms in total. The molecule has 1 aromatic carbocycles. The van der Waals surface area contributed by atoms with Gasteiger partial charge in [-0.25, -0.2) is 4.98 Å². The smallest absolute Gasteiger partial charge is 0.499 e. The molecule has 0 aliphatic carbocycles. The maximum absolute atomic E-state index is 13.6. The SMILES string of the molecule is CC(C)CC(CC(=O)[C@H](Cc1ccccc1)NC(=O)c1cnccn1)[B-]12OC(=O)C[C@H](O1)C(=O)O2. The molecule has 2 aliphatic rings. The van der Waals surface area contributed by atoms with E-state index in [9.17, 15) is 19.2 Å². The summed E-state index contributed by atoms with van der Waals surface area (Å²) in [5, 5.41) is 2.76. The van der Waals surface area contributed by atoms with Crippen LogP contribution in [0.1, 0.15) is 49.2 Å². The van der Waals surface area contributed by atoms with Crippen molar-refractivity contribution < 1.29 is 33.1 Å². The van der Waals surface area contributed by atoms with E-state index in [0.717, 1.165) is 5.56 Å². The van der Waals surface area contributed by atoms with Crippen LogP contribution in [0.15, 0.2) is 48.9 Å². The first-order valence-electron chi connectivity index (χ1n) is 11.7. The summed E-state index contributed by atoms with van der Waals surface area (Å²) in [4.78, 5) is 58.7. The Hall–Kier alpha value is -3.60. The number of hydrogen-bond acceptors (Lipinski definition) is 9. The lowest BCUT2D eigenvalue weighted by atomic mass is 9.57. The van der Waals surface area contributed by atoms with E-state index in [1.165, 1.54) is 18.6 Å². The molecule has 2 aliphatic heterocycles. The van der Waals surface area contributed by atoms with Gasteiger partial charge in [0.1, 0.15) is 11.8 Å². The molecule has 2 aromatic rings. The fourth-order valence-corrected chi connectivity index (χ4v) is 4.56. The molecular weight excluding hydrogens is 453 g/mol. The summed E-state index contributed by atoms with van der Waals surface area (Å²) in [6.45, 7) is 1.13. The molecule has 4 rings (SSSR count). The largest absolute Gasteiger partial charge is 0.633 e. The predicted molar refractivity (Wildman–Crippen MR) is 124 cm³/mol. The van der Waals surface area contributed by atoms with E-state index in [1.54, 1.807) is 0 Å². The van der Waals surface area contributed by atoms with Crippen molar-refractivity contribution in [2.24, 2.45) is 5.92 Å². The van der Waals surface area contributed by atoms with E-state index in [4.69, 9.17) is 14.0 Å². The number of rotatable bonds is 10. The zero-order valence-corrected chi connectivity index (χ0v) is 19.6. The van der Waals surface area contributed by atoms with E-state index in [-0.39, 0.29) is 36.7 Å². The van der Waals surface area contributed by atoms with Gasteiger partial charge in [-0.05, 0) is 24.3 Å². The van der Waals surface area contributed by atoms with Crippen molar-refractivity contribution in [2.45, 2.75) is 57.5 Å². The number of nitrogens with zero attached hydrogens (tertiary/aromatic N) is 2. The summed E-state index contributed by atoms with van der Waals surface area (Å²) >= 11 is 0. The molecule has 184 valence electrons. The van der Waals surface area contributed by atoms with Gasteiger partial charge in [-0.15, -0.1) is 0 Å². The Morgan fingerprint density at radius 2 is 1.91 bits per heavy atom. The molecule has 1 aromatic heterocycles. The van der Waals surface area contributed by atoms with Crippen molar-refractivity contribution in [3.63, 3.8) is 0 Å². The predicted octanol–water partition coefficient (Wildman–Crippen LogP) is 2.02. The van der Waals surface area contributed by atoms with E-state index >= 15 is 0 Å². The van der Waals surface area contributed by atoms with Crippen LogP contribution in [0.2, 0.25) is 5.82 Å². The van der Waals surface area contributed by atoms with Gasteiger partial charge in [-0.2, -0.15) is 0 Å². The Kier molecular flexibility index (Phi) is 7.25. The third kappa shape index (κ3) is 5.73. The summed E-state index contributed by atoms with van der Waals surface area (Å²) in [7, 11) is 0. The highest BCUT2D eigenvalue weighted by Crippen LogP contribution is 2.43. The van der Waals surface area contributed by atoms with Crippen LogP contribution in [0.4, 0.5) is 0 Å². The van der Waals surface area contributed by atoms with Crippen LogP contribution in [-0.4, -0.2) is 52.5 Å². The molecular formula is C24H27BN3O7-. The number of fused-ring (bicyclic) bond motifs is 2. The van der Waals surface area contributed by atoms with Crippen LogP contribution in [0.5, 0.6) is 0 Å². The minimum Gasteiger partial charge on any atom is -0.633 e. The van der Waals surface area contributed by atoms with Gasteiger partial charge in [0, 0.05) is 12.4 Å². The van der Waals surface area contributed by atoms with Gasteiger partial charge in [0.15, 0.2) is 5.78 Å². The Balaban J connectivity index is 1.58. The van der Waals surface area contributed by atoms with Crippen molar-refractivity contribution in [2.75, 3.05) is 0 Å². The Labute approximate surface area is 202 Å². The first-order valence-corrected chi connectivity index (χ1v) is 11.7. The molecule has 2 saturated heterocycles. The maximum Gasteiger partial charge on any atom is 0.499 e. The molecule has 0 spiro atoms. The van der Waals surface area contributed by atoms with Gasteiger partial charge < -0.3 is 19.3 Å². The van der Waals surface area contributed by atoms with Crippen molar-refractivity contribution in [3.05, 3.63) is 60.2 Å². The summed E-state index contributed by atoms with van der Waals surface area (Å²) in [5.41, 5.74) is 0.930. The van der Waals surface area contributed by atoms with Crippen molar-refractivity contribution >= 4 is 30.4 Å². The molecule has 2 unspecified atom stereocenters. The average molecular weight is 480 g/mol. The highest BCUT2D eigenvalue weighted by Gasteiger charge is 2.56. The highest BCUT2D eigenvalue weighted by molar-refractivity contribution is 6.68. The molecule has 35 heavy (non-hydrogen) atoms. The Morgan fingerprint density at radius 3 is 2.60 bits per heavy atom. The van der Waals surface area contributed by atoms with Crippen molar-refractivity contribution in [1.29, 1.82) is 0 Å². The van der Waals surface area contributed by atoms with Gasteiger partial charge in [0.25, 0.3) is 17.8 Å². The van der Waals surface area contributed by atoms with E-state index in [0.29, 0.717) is 6.42 Å². The second-order valence-corrected chi connectivity index (χ2v) is 9.32. The van der Waals surface area contributed by atoms with Gasteiger partial charge in [-0.3, -0.25) is 24.2 Å². The Bertz CT molecular complexity index is 1090. The normalized spacial score (nSPS) is 22.8. The molecule has 11 heteroatoms. The fraction of sp³-hybridized carbons (Fsp3) is 0.417. The van der Waals surface area contributed by atoms with Crippen LogP contribution in [-0.2, 0) is 34.8 Å². The third-order valence-corrected chi connectivity index (χ3v) is 6.13. The van der Waals surface area contributed by atoms with Gasteiger partial charge in [-0.1, -0.05) is 56.4 Å². The molecule has 3 heterocycles. The van der Waals surface area contributed by atoms with Crippen LogP contribution in [0, 0.1) is 5.92 Å². The number of ketones is 1. The van der Waals surface area contributed by atoms with Crippen LogP contribution in [0.3, 0.4) is 0 Å². The first kappa shape index (κ1) is 24.5. The lowest BCUT2D eigenvalue weighted by Gasteiger charge is -2.43. The molecule has 4 atom stereocenters. The minimum atomic E-state index is -2.76. The van der Waals surface area contributed by atoms with Crippen LogP contribution < -0.4 is 5.32 Å². The van der Waals surface area contributed by atoms with E-state index in [2.05, 4.69) is 15.3 Å². The van der Waals surface area contributed by atoms with Gasteiger partial charge in [0.05, 0.1) is 18.7 Å². The van der Waals surface area contributed by atoms with Gasteiger partial charge in [0.2, 0.25) is 0 Å². The average Bonchev–Trinajstić information content (AvgIpc) is 3.07. The number of aromatic nitrogens is 2. The lowest BCUT2D eigenvalue weighted by molar-refractivity contribution is -0.145. The summed E-state index contributed by atoms with van der Waals surface area (Å²) in [5.74, 6) is -2.69. The maximum atomic E-state index is 13.6. The number of carbonyl (C=O) groups is 4. The molecule has 0 saturated carbocycles. The quantitative estimate of drug-likeness (QED) is 0.507. The number of Topliss-reactive ketones (excluding diaryl/α,β-unsaturated/α-hetero) is 1. The monoisotopic (exact) mass is 480 g/mol. The second kappa shape index (κ2) is 10.3. The molecule has 1 N–H and O–H groups in total. The lowest BCUT2D eigenvalue weighted by Crippen LogP contribution is -2.53. The first-order chi connectivity index (χ1) is 16.8. The molecule has 2 bridgehead atoms. The van der Waals surface area contributed by atoms with E-state index in [1.807, 2.05) is 44.2 Å². The number of benzene rings is 1. The topological polar surface area (TPSA) is 134 Å². The van der Waals surface area contributed by atoms with Crippen molar-refractivity contribution in [3.8, 4) is 0 Å². The van der Waals surface area contributed by atoms with Crippen LogP contribution >= 0.6 is 0 Å². The van der Waals surface area contributed by atoms with Crippen molar-refractivity contribution in [1.82, 2.24) is 15.3 Å². The summed E-state index contributed by atoms with van der Waals surface area (Å²) < 4.78 is 16.7. The second-order valence-electron chi connectivity index (χ2n) is 9.32. The minimum absolute atomic E-state index is 0.0806. The summed E-state index contributed by atoms with van der Waals surface area (Å²) in [6, 6.07) is 8.37. The molecule has 2 fully saturated rings. The van der Waals surface area contributed by atoms with Crippen LogP contribution in [0.25, 0.3) is 0 Å². The molecule has 0 radical (unpaired) electrons. The van der Waals surface area contributed by atoms with E-state index < -0.39 is 42.6 Å². The third-order valence-electron chi connectivity index (χ3n) is 6.13. The van der Waals surface area contributed by atoms with Gasteiger partial charge >= 0.3 is 6.75 Å². The number of carbonyl (C=O) groups excluding carboxylic acids is 4. The fourth-order valence-electron chi connectivity index (χ4n) is 4.56. The summed E-state index contributed by atoms with van der Waals surface area (Å²) in [6.07, 6.45) is 3.46. The zero-order valence-electron chi connectivity index (χ0n) is 19.6. The standard InChI is InChI=1S/C24H27BN3O7/c1-15(2)10-17(25-33-21(24(32)35-25)13-22(30)34-25)12-20(29)18(11-16-6-4-3-5-7-16)28-23(31)19-14-26-8-9-27-19/h3-9,14-15,17-18,21H,10-13H2,1-2H3,(H,28,31)/q-1/t17?,18-,21-,25?/m0/s1.